The van der Waals surface area contributed by atoms with Gasteiger partial charge in [0.1, 0.15) is 0 Å². The van der Waals surface area contributed by atoms with Gasteiger partial charge in [-0.05, 0) is 26.7 Å². The van der Waals surface area contributed by atoms with E-state index in [4.69, 9.17) is 0 Å². The van der Waals surface area contributed by atoms with Crippen molar-refractivity contribution in [2.75, 3.05) is 13.1 Å². The Bertz CT molecular complexity index is 136. The van der Waals surface area contributed by atoms with E-state index in [1.54, 1.807) is 0 Å². The molecule has 0 spiro atoms. The van der Waals surface area contributed by atoms with E-state index in [2.05, 4.69) is 38.3 Å². The van der Waals surface area contributed by atoms with Gasteiger partial charge in [-0.2, -0.15) is 0 Å². The van der Waals surface area contributed by atoms with Gasteiger partial charge in [-0.25, -0.2) is 0 Å². The maximum absolute atomic E-state index is 3.66. The van der Waals surface area contributed by atoms with Gasteiger partial charge in [-0.3, -0.25) is 0 Å². The largest absolute Gasteiger partial charge is 0.309 e. The second-order valence-electron chi connectivity index (χ2n) is 4.58. The van der Waals surface area contributed by atoms with Crippen LogP contribution in [0.15, 0.2) is 0 Å². The molecule has 0 aromatic rings. The van der Waals surface area contributed by atoms with Crippen molar-refractivity contribution in [3.8, 4) is 0 Å². The third kappa shape index (κ3) is 1.99. The zero-order valence-corrected chi connectivity index (χ0v) is 8.83. The zero-order chi connectivity index (χ0) is 9.24. The van der Waals surface area contributed by atoms with Crippen LogP contribution < -0.4 is 10.6 Å². The molecule has 1 saturated heterocycles. The molecule has 12 heavy (non-hydrogen) atoms. The SMILES string of the molecule is CCC1(CC)CNC(C)(C)CN1. The van der Waals surface area contributed by atoms with E-state index in [-0.39, 0.29) is 5.54 Å². The summed E-state index contributed by atoms with van der Waals surface area (Å²) in [4.78, 5) is 0. The highest BCUT2D eigenvalue weighted by Gasteiger charge is 2.34. The number of nitrogens with one attached hydrogen (secondary N) is 2. The highest BCUT2D eigenvalue weighted by molar-refractivity contribution is 4.98. The highest BCUT2D eigenvalue weighted by Crippen LogP contribution is 2.20. The first-order valence-corrected chi connectivity index (χ1v) is 5.04. The molecule has 1 heterocycles. The second-order valence-corrected chi connectivity index (χ2v) is 4.58. The van der Waals surface area contributed by atoms with Crippen LogP contribution in [0.1, 0.15) is 40.5 Å². The molecule has 0 aliphatic carbocycles. The lowest BCUT2D eigenvalue weighted by atomic mass is 9.87. The molecule has 0 radical (unpaired) electrons. The van der Waals surface area contributed by atoms with Crippen LogP contribution in [-0.2, 0) is 0 Å². The first-order chi connectivity index (χ1) is 5.54. The summed E-state index contributed by atoms with van der Waals surface area (Å²) in [5.41, 5.74) is 0.628. The minimum atomic E-state index is 0.272. The Labute approximate surface area is 76.1 Å². The molecule has 1 fully saturated rings. The van der Waals surface area contributed by atoms with E-state index in [0.717, 1.165) is 13.1 Å². The summed E-state index contributed by atoms with van der Waals surface area (Å²) in [6.07, 6.45) is 2.43. The summed E-state index contributed by atoms with van der Waals surface area (Å²) >= 11 is 0. The fraction of sp³-hybridized carbons (Fsp3) is 1.00. The molecular formula is C10H22N2. The minimum Gasteiger partial charge on any atom is -0.309 e. The molecule has 2 heteroatoms. The first-order valence-electron chi connectivity index (χ1n) is 5.04. The van der Waals surface area contributed by atoms with Crippen LogP contribution in [0.5, 0.6) is 0 Å². The lowest BCUT2D eigenvalue weighted by molar-refractivity contribution is 0.178. The monoisotopic (exact) mass is 170 g/mol. The van der Waals surface area contributed by atoms with Gasteiger partial charge in [0.2, 0.25) is 0 Å². The van der Waals surface area contributed by atoms with Crippen molar-refractivity contribution in [3.63, 3.8) is 0 Å². The summed E-state index contributed by atoms with van der Waals surface area (Å²) in [7, 11) is 0. The standard InChI is InChI=1S/C10H22N2/c1-5-10(6-2)8-11-9(3,4)7-12-10/h11-12H,5-8H2,1-4H3. The fourth-order valence-corrected chi connectivity index (χ4v) is 1.69. The van der Waals surface area contributed by atoms with Gasteiger partial charge in [0, 0.05) is 24.2 Å². The average Bonchev–Trinajstić information content (AvgIpc) is 2.06. The minimum absolute atomic E-state index is 0.272. The number of hydrogen-bond acceptors (Lipinski definition) is 2. The molecule has 0 amide bonds. The molecule has 2 N–H and O–H groups in total. The Morgan fingerprint density at radius 1 is 1.00 bits per heavy atom. The average molecular weight is 170 g/mol. The Hall–Kier alpha value is -0.0800. The molecular weight excluding hydrogens is 148 g/mol. The Morgan fingerprint density at radius 3 is 1.92 bits per heavy atom. The smallest absolute Gasteiger partial charge is 0.0302 e. The summed E-state index contributed by atoms with van der Waals surface area (Å²) in [6.45, 7) is 11.2. The molecule has 0 unspecified atom stereocenters. The van der Waals surface area contributed by atoms with Gasteiger partial charge in [-0.1, -0.05) is 13.8 Å². The molecule has 72 valence electrons. The van der Waals surface area contributed by atoms with Crippen molar-refractivity contribution in [3.05, 3.63) is 0 Å². The van der Waals surface area contributed by atoms with Crippen molar-refractivity contribution in [2.45, 2.75) is 51.6 Å². The van der Waals surface area contributed by atoms with E-state index in [1.165, 1.54) is 12.8 Å². The van der Waals surface area contributed by atoms with Crippen LogP contribution in [0.3, 0.4) is 0 Å². The highest BCUT2D eigenvalue weighted by atomic mass is 15.1. The predicted octanol–water partition coefficient (Wildman–Crippen LogP) is 1.52. The van der Waals surface area contributed by atoms with Gasteiger partial charge in [-0.15, -0.1) is 0 Å². The van der Waals surface area contributed by atoms with Gasteiger partial charge in [0.05, 0.1) is 0 Å². The van der Waals surface area contributed by atoms with Crippen LogP contribution >= 0.6 is 0 Å². The Morgan fingerprint density at radius 2 is 1.58 bits per heavy atom. The van der Waals surface area contributed by atoms with E-state index < -0.39 is 0 Å². The van der Waals surface area contributed by atoms with Gasteiger partial charge >= 0.3 is 0 Å². The van der Waals surface area contributed by atoms with E-state index in [9.17, 15) is 0 Å². The third-order valence-corrected chi connectivity index (χ3v) is 3.16. The van der Waals surface area contributed by atoms with Crippen LogP contribution in [0.2, 0.25) is 0 Å². The Kier molecular flexibility index (Phi) is 2.79. The van der Waals surface area contributed by atoms with Crippen LogP contribution in [-0.4, -0.2) is 24.2 Å². The van der Waals surface area contributed by atoms with Crippen molar-refractivity contribution in [2.24, 2.45) is 0 Å². The van der Waals surface area contributed by atoms with Crippen LogP contribution in [0, 0.1) is 0 Å². The van der Waals surface area contributed by atoms with Gasteiger partial charge in [0.15, 0.2) is 0 Å². The van der Waals surface area contributed by atoms with Crippen molar-refractivity contribution >= 4 is 0 Å². The van der Waals surface area contributed by atoms with E-state index in [1.807, 2.05) is 0 Å². The number of hydrogen-bond donors (Lipinski definition) is 2. The maximum atomic E-state index is 3.66. The molecule has 1 aliphatic heterocycles. The van der Waals surface area contributed by atoms with Crippen molar-refractivity contribution in [1.29, 1.82) is 0 Å². The number of piperazine rings is 1. The van der Waals surface area contributed by atoms with Crippen molar-refractivity contribution in [1.82, 2.24) is 10.6 Å². The number of rotatable bonds is 2. The second kappa shape index (κ2) is 3.35. The van der Waals surface area contributed by atoms with Crippen LogP contribution in [0.4, 0.5) is 0 Å². The van der Waals surface area contributed by atoms with Gasteiger partial charge in [0.25, 0.3) is 0 Å². The predicted molar refractivity (Wildman–Crippen MR) is 53.4 cm³/mol. The maximum Gasteiger partial charge on any atom is 0.0302 e. The fourth-order valence-electron chi connectivity index (χ4n) is 1.69. The summed E-state index contributed by atoms with van der Waals surface area (Å²) < 4.78 is 0. The molecule has 0 aromatic heterocycles. The van der Waals surface area contributed by atoms with Gasteiger partial charge < -0.3 is 10.6 Å². The first kappa shape index (κ1) is 10.0. The normalized spacial score (nSPS) is 27.0. The molecule has 0 bridgehead atoms. The molecule has 0 saturated carbocycles. The lowest BCUT2D eigenvalue weighted by Crippen LogP contribution is -2.66. The van der Waals surface area contributed by atoms with E-state index >= 15 is 0 Å². The van der Waals surface area contributed by atoms with Crippen LogP contribution in [0.25, 0.3) is 0 Å². The topological polar surface area (TPSA) is 24.1 Å². The lowest BCUT2D eigenvalue weighted by Gasteiger charge is -2.45. The molecule has 0 aromatic carbocycles. The molecule has 1 rings (SSSR count). The third-order valence-electron chi connectivity index (χ3n) is 3.16. The molecule has 0 atom stereocenters. The zero-order valence-electron chi connectivity index (χ0n) is 8.83. The molecule has 2 nitrogen and oxygen atoms in total. The summed E-state index contributed by atoms with van der Waals surface area (Å²) in [5.74, 6) is 0. The molecule has 1 aliphatic rings. The van der Waals surface area contributed by atoms with Crippen molar-refractivity contribution < 1.29 is 0 Å². The Balaban J connectivity index is 2.53. The van der Waals surface area contributed by atoms with E-state index in [0.29, 0.717) is 5.54 Å². The quantitative estimate of drug-likeness (QED) is 0.656. The summed E-state index contributed by atoms with van der Waals surface area (Å²) in [5, 5.41) is 7.25. The summed E-state index contributed by atoms with van der Waals surface area (Å²) in [6, 6.07) is 0.